The molecule has 4 aliphatic rings. The second-order valence-corrected chi connectivity index (χ2v) is 11.8. The lowest BCUT2D eigenvalue weighted by molar-refractivity contribution is -0.153. The van der Waals surface area contributed by atoms with Crippen LogP contribution in [-0.2, 0) is 40.4 Å². The molecule has 220 valence electrons. The van der Waals surface area contributed by atoms with Crippen molar-refractivity contribution in [1.29, 1.82) is 0 Å². The number of Topliss-reactive ketones (excluding diaryl/α,β-unsaturated/α-hetero) is 2. The molecule has 0 radical (unpaired) electrons. The van der Waals surface area contributed by atoms with E-state index in [9.17, 15) is 34.8 Å². The summed E-state index contributed by atoms with van der Waals surface area (Å²) in [5, 5.41) is 45.3. The highest BCUT2D eigenvalue weighted by Gasteiger charge is 2.64. The van der Waals surface area contributed by atoms with Gasteiger partial charge in [0.25, 0.3) is 5.91 Å². The van der Waals surface area contributed by atoms with Crippen LogP contribution in [0.25, 0.3) is 5.76 Å². The van der Waals surface area contributed by atoms with Crippen LogP contribution in [0.5, 0.6) is 11.5 Å². The van der Waals surface area contributed by atoms with Gasteiger partial charge < -0.3 is 30.9 Å². The molecule has 1 amide bonds. The molecule has 1 heterocycles. The number of ether oxygens (including phenoxy) is 1. The number of primary amides is 1. The van der Waals surface area contributed by atoms with Crippen LogP contribution in [0, 0.1) is 11.8 Å². The number of carbonyl (C=O) groups excluding carboxylic acids is 3. The zero-order valence-electron chi connectivity index (χ0n) is 23.5. The van der Waals surface area contributed by atoms with Crippen molar-refractivity contribution in [3.63, 3.8) is 0 Å². The molecule has 11 nitrogen and oxygen atoms in total. The maximum atomic E-state index is 14.0. The van der Waals surface area contributed by atoms with Crippen LogP contribution in [0.15, 0.2) is 47.2 Å². The van der Waals surface area contributed by atoms with Gasteiger partial charge >= 0.3 is 0 Å². The third-order valence-corrected chi connectivity index (χ3v) is 9.25. The van der Waals surface area contributed by atoms with Crippen LogP contribution < -0.4 is 10.5 Å². The lowest BCUT2D eigenvalue weighted by atomic mass is 9.57. The van der Waals surface area contributed by atoms with Crippen molar-refractivity contribution in [3.8, 4) is 11.5 Å². The lowest BCUT2D eigenvalue weighted by Gasteiger charge is -2.50. The van der Waals surface area contributed by atoms with E-state index in [0.717, 1.165) is 13.1 Å². The number of nitrogens with zero attached hydrogens (tertiary/aromatic N) is 2. The van der Waals surface area contributed by atoms with Crippen molar-refractivity contribution in [1.82, 2.24) is 9.80 Å². The van der Waals surface area contributed by atoms with E-state index < -0.39 is 58.0 Å². The highest BCUT2D eigenvalue weighted by atomic mass is 16.5. The molecule has 42 heavy (non-hydrogen) atoms. The van der Waals surface area contributed by atoms with E-state index in [-0.39, 0.29) is 29.7 Å². The zero-order chi connectivity index (χ0) is 30.2. The summed E-state index contributed by atoms with van der Waals surface area (Å²) in [7, 11) is 4.64. The third kappa shape index (κ3) is 3.80. The minimum Gasteiger partial charge on any atom is -0.508 e. The maximum absolute atomic E-state index is 14.0. The molecule has 4 atom stereocenters. The van der Waals surface area contributed by atoms with Gasteiger partial charge in [0, 0.05) is 42.3 Å². The fourth-order valence-corrected chi connectivity index (χ4v) is 7.48. The standard InChI is InChI=1S/C31H33N3O8/c1-33(2)24-19-9-16-8-18-22(25(36)21(16)28(38)31(19,41)29(39)23(26(24)37)30(32)40)20(35)10-17(27(18)42-3)13-34-11-14-6-4-5-7-15(14)12-34/h4-7,10,16,19,24,35-36,39,41H,8-9,11-13H2,1-3H3,(H2,32,40)/t16-,19-,24-,31-/m0/s1. The Kier molecular flexibility index (Phi) is 6.45. The Bertz CT molecular complexity index is 1600. The first-order chi connectivity index (χ1) is 19.9. The maximum Gasteiger partial charge on any atom is 0.255 e. The summed E-state index contributed by atoms with van der Waals surface area (Å²) in [5.41, 5.74) is 5.36. The molecule has 6 rings (SSSR count). The molecule has 6 N–H and O–H groups in total. The molecule has 3 aliphatic carbocycles. The molecule has 0 spiro atoms. The summed E-state index contributed by atoms with van der Waals surface area (Å²) in [6.07, 6.45) is 0.181. The molecular weight excluding hydrogens is 542 g/mol. The molecule has 1 aliphatic heterocycles. The van der Waals surface area contributed by atoms with Crippen molar-refractivity contribution >= 4 is 23.2 Å². The van der Waals surface area contributed by atoms with E-state index in [1.807, 2.05) is 12.1 Å². The number of rotatable bonds is 5. The fraction of sp³-hybridized carbons (Fsp3) is 0.387. The van der Waals surface area contributed by atoms with Crippen molar-refractivity contribution in [2.75, 3.05) is 21.2 Å². The number of hydrogen-bond donors (Lipinski definition) is 5. The Morgan fingerprint density at radius 2 is 1.79 bits per heavy atom. The first-order valence-electron chi connectivity index (χ1n) is 13.8. The van der Waals surface area contributed by atoms with Crippen LogP contribution in [0.3, 0.4) is 0 Å². The topological polar surface area (TPSA) is 174 Å². The number of aromatic hydroxyl groups is 1. The van der Waals surface area contributed by atoms with Gasteiger partial charge in [-0.25, -0.2) is 0 Å². The number of phenolic OH excluding ortho intramolecular Hbond substituents is 1. The van der Waals surface area contributed by atoms with E-state index in [0.29, 0.717) is 23.4 Å². The van der Waals surface area contributed by atoms with Gasteiger partial charge in [0.15, 0.2) is 11.4 Å². The van der Waals surface area contributed by atoms with Gasteiger partial charge in [0.2, 0.25) is 5.78 Å². The number of methoxy groups -OCH3 is 1. The number of aliphatic hydroxyl groups excluding tert-OH is 2. The van der Waals surface area contributed by atoms with E-state index >= 15 is 0 Å². The summed E-state index contributed by atoms with van der Waals surface area (Å²) < 4.78 is 5.83. The first kappa shape index (κ1) is 28.0. The Hall–Kier alpha value is -4.19. The normalized spacial score (nSPS) is 27.1. The number of ketones is 2. The Morgan fingerprint density at radius 3 is 2.36 bits per heavy atom. The molecule has 0 saturated heterocycles. The summed E-state index contributed by atoms with van der Waals surface area (Å²) in [6.45, 7) is 1.93. The van der Waals surface area contributed by atoms with Crippen molar-refractivity contribution in [2.24, 2.45) is 17.6 Å². The number of fused-ring (bicyclic) bond motifs is 4. The molecule has 0 bridgehead atoms. The predicted molar refractivity (Wildman–Crippen MR) is 150 cm³/mol. The van der Waals surface area contributed by atoms with Gasteiger partial charge in [-0.15, -0.1) is 0 Å². The first-order valence-corrected chi connectivity index (χ1v) is 13.8. The second-order valence-electron chi connectivity index (χ2n) is 11.8. The number of benzene rings is 2. The van der Waals surface area contributed by atoms with Crippen LogP contribution in [0.1, 0.15) is 34.2 Å². The van der Waals surface area contributed by atoms with Gasteiger partial charge in [-0.05, 0) is 50.0 Å². The second kappa shape index (κ2) is 9.69. The summed E-state index contributed by atoms with van der Waals surface area (Å²) >= 11 is 0. The average Bonchev–Trinajstić information content (AvgIpc) is 3.32. The van der Waals surface area contributed by atoms with Crippen molar-refractivity contribution in [2.45, 2.75) is 44.1 Å². The smallest absolute Gasteiger partial charge is 0.255 e. The quantitative estimate of drug-likeness (QED) is 0.329. The molecule has 1 fully saturated rings. The Labute approximate surface area is 242 Å². The molecule has 0 aromatic heterocycles. The van der Waals surface area contributed by atoms with Gasteiger partial charge in [0.05, 0.1) is 18.7 Å². The minimum absolute atomic E-state index is 0.0107. The summed E-state index contributed by atoms with van der Waals surface area (Å²) in [4.78, 5) is 43.1. The highest BCUT2D eigenvalue weighted by molar-refractivity contribution is 6.24. The van der Waals surface area contributed by atoms with Gasteiger partial charge in [-0.1, -0.05) is 24.3 Å². The molecular formula is C31H33N3O8. The minimum atomic E-state index is -2.67. The Morgan fingerprint density at radius 1 is 1.14 bits per heavy atom. The largest absolute Gasteiger partial charge is 0.508 e. The molecule has 2 aromatic carbocycles. The van der Waals surface area contributed by atoms with Crippen LogP contribution in [0.4, 0.5) is 0 Å². The van der Waals surface area contributed by atoms with Crippen molar-refractivity contribution in [3.05, 3.63) is 75.1 Å². The van der Waals surface area contributed by atoms with Crippen LogP contribution >= 0.6 is 0 Å². The average molecular weight is 576 g/mol. The fourth-order valence-electron chi connectivity index (χ4n) is 7.48. The van der Waals surface area contributed by atoms with Crippen LogP contribution in [-0.4, -0.2) is 80.5 Å². The van der Waals surface area contributed by atoms with E-state index in [1.165, 1.54) is 29.2 Å². The summed E-state index contributed by atoms with van der Waals surface area (Å²) in [6, 6.07) is 8.53. The number of aliphatic hydroxyl groups is 3. The zero-order valence-corrected chi connectivity index (χ0v) is 23.5. The number of hydrogen-bond acceptors (Lipinski definition) is 10. The van der Waals surface area contributed by atoms with E-state index in [4.69, 9.17) is 10.5 Å². The van der Waals surface area contributed by atoms with Crippen LogP contribution in [0.2, 0.25) is 0 Å². The van der Waals surface area contributed by atoms with Crippen molar-refractivity contribution < 1.29 is 39.5 Å². The van der Waals surface area contributed by atoms with E-state index in [2.05, 4.69) is 17.0 Å². The molecule has 1 saturated carbocycles. The van der Waals surface area contributed by atoms with Gasteiger partial charge in [-0.2, -0.15) is 0 Å². The number of likely N-dealkylation sites (N-methyl/N-ethyl adjacent to an activating group) is 1. The number of carbonyl (C=O) groups is 3. The van der Waals surface area contributed by atoms with Gasteiger partial charge in [-0.3, -0.25) is 24.2 Å². The lowest BCUT2D eigenvalue weighted by Crippen LogP contribution is -2.65. The molecule has 11 heteroatoms. The SMILES string of the molecule is COc1c(CN2Cc3ccccc3C2)cc(O)c2c1C[C@H]1C[C@H]3[C@H](N(C)C)C(=O)C(C(N)=O)=C(O)[C@@]3(O)C(=O)C1=C2O. The summed E-state index contributed by atoms with van der Waals surface area (Å²) in [5.74, 6) is -6.34. The third-order valence-electron chi connectivity index (χ3n) is 9.25. The number of phenols is 1. The monoisotopic (exact) mass is 575 g/mol. The highest BCUT2D eigenvalue weighted by Crippen LogP contribution is 2.54. The number of nitrogens with two attached hydrogens (primary N) is 1. The Balaban J connectivity index is 1.45. The predicted octanol–water partition coefficient (Wildman–Crippen LogP) is 1.49. The molecule has 2 aromatic rings. The van der Waals surface area contributed by atoms with E-state index in [1.54, 1.807) is 14.1 Å². The molecule has 0 unspecified atom stereocenters. The number of amides is 1. The van der Waals surface area contributed by atoms with Gasteiger partial charge in [0.1, 0.15) is 28.6 Å².